The maximum Gasteiger partial charge on any atom is 0.410 e. The summed E-state index contributed by atoms with van der Waals surface area (Å²) in [5.41, 5.74) is 1.51. The van der Waals surface area contributed by atoms with Crippen molar-refractivity contribution in [3.63, 3.8) is 0 Å². The van der Waals surface area contributed by atoms with Crippen molar-refractivity contribution in [3.8, 4) is 17.2 Å². The highest BCUT2D eigenvalue weighted by Crippen LogP contribution is 2.40. The molecule has 3 aromatic carbocycles. The first-order valence-electron chi connectivity index (χ1n) is 18.1. The average molecular weight is 831 g/mol. The Hall–Kier alpha value is -6.00. The van der Waals surface area contributed by atoms with Gasteiger partial charge in [-0.05, 0) is 93.8 Å². The summed E-state index contributed by atoms with van der Waals surface area (Å²) < 4.78 is 27.0. The Labute approximate surface area is 345 Å². The number of methoxy groups -OCH3 is 4. The van der Waals surface area contributed by atoms with Gasteiger partial charge >= 0.3 is 12.1 Å². The number of fused-ring (bicyclic) bond motifs is 1. The molecule has 0 saturated heterocycles. The minimum Gasteiger partial charge on any atom is -0.493 e. The zero-order chi connectivity index (χ0) is 42.1. The lowest BCUT2D eigenvalue weighted by molar-refractivity contribution is -0.115. The van der Waals surface area contributed by atoms with E-state index in [1.54, 1.807) is 99.3 Å². The summed E-state index contributed by atoms with van der Waals surface area (Å²) in [6.07, 6.45) is 1.43. The van der Waals surface area contributed by atoms with Gasteiger partial charge in [0, 0.05) is 27.6 Å². The number of anilines is 2. The molecule has 0 aliphatic carbocycles. The Bertz CT molecular complexity index is 2190. The summed E-state index contributed by atoms with van der Waals surface area (Å²) in [5, 5.41) is 8.17. The predicted molar refractivity (Wildman–Crippen MR) is 223 cm³/mol. The van der Waals surface area contributed by atoms with Crippen LogP contribution in [0.5, 0.6) is 17.2 Å². The highest BCUT2D eigenvalue weighted by molar-refractivity contribution is 8.00. The second kappa shape index (κ2) is 19.0. The number of thioether (sulfide) groups is 1. The molecule has 16 heteroatoms. The molecule has 4 amide bonds. The fourth-order valence-electron chi connectivity index (χ4n) is 5.90. The molecular formula is C42H46N4O10S2. The first kappa shape index (κ1) is 43.1. The van der Waals surface area contributed by atoms with Crippen LogP contribution in [0.3, 0.4) is 0 Å². The molecule has 0 fully saturated rings. The number of nitrogens with one attached hydrogen (secondary N) is 3. The van der Waals surface area contributed by atoms with Crippen molar-refractivity contribution >= 4 is 69.6 Å². The molecule has 1 aliphatic rings. The van der Waals surface area contributed by atoms with Crippen molar-refractivity contribution < 1.29 is 47.7 Å². The summed E-state index contributed by atoms with van der Waals surface area (Å²) >= 11 is 2.46. The van der Waals surface area contributed by atoms with Gasteiger partial charge in [0.25, 0.3) is 11.8 Å². The number of esters is 1. The van der Waals surface area contributed by atoms with Crippen molar-refractivity contribution in [1.29, 1.82) is 0 Å². The van der Waals surface area contributed by atoms with Gasteiger partial charge < -0.3 is 44.5 Å². The van der Waals surface area contributed by atoms with Gasteiger partial charge in [-0.3, -0.25) is 14.4 Å². The van der Waals surface area contributed by atoms with Crippen LogP contribution in [-0.4, -0.2) is 80.5 Å². The summed E-state index contributed by atoms with van der Waals surface area (Å²) in [7, 11) is 5.71. The highest BCUT2D eigenvalue weighted by Gasteiger charge is 2.33. The van der Waals surface area contributed by atoms with Crippen molar-refractivity contribution in [3.05, 3.63) is 99.6 Å². The van der Waals surface area contributed by atoms with Gasteiger partial charge in [-0.1, -0.05) is 24.3 Å². The Balaban J connectivity index is 1.33. The molecule has 1 aromatic heterocycles. The van der Waals surface area contributed by atoms with Crippen LogP contribution in [0.4, 0.5) is 15.5 Å². The van der Waals surface area contributed by atoms with Crippen LogP contribution in [-0.2, 0) is 32.0 Å². The Kier molecular flexibility index (Phi) is 14.1. The van der Waals surface area contributed by atoms with E-state index >= 15 is 0 Å². The number of carbonyl (C=O) groups is 5. The molecule has 0 radical (unpaired) electrons. The minimum absolute atomic E-state index is 0.0665. The van der Waals surface area contributed by atoms with Crippen molar-refractivity contribution in [1.82, 2.24) is 10.2 Å². The van der Waals surface area contributed by atoms with Crippen molar-refractivity contribution in [2.75, 3.05) is 45.6 Å². The van der Waals surface area contributed by atoms with Crippen LogP contribution in [0.2, 0.25) is 0 Å². The lowest BCUT2D eigenvalue weighted by atomic mass is 10.0. The molecule has 14 nitrogen and oxygen atoms in total. The minimum atomic E-state index is -0.662. The number of carbonyl (C=O) groups excluding carboxylic acids is 5. The number of hydrogen-bond acceptors (Lipinski definition) is 12. The molecule has 0 spiro atoms. The van der Waals surface area contributed by atoms with Crippen LogP contribution < -0.4 is 30.2 Å². The first-order chi connectivity index (χ1) is 27.6. The van der Waals surface area contributed by atoms with Gasteiger partial charge in [0.05, 0.1) is 45.8 Å². The Morgan fingerprint density at radius 1 is 0.879 bits per heavy atom. The molecule has 1 aliphatic heterocycles. The lowest BCUT2D eigenvalue weighted by Gasteiger charge is -2.30. The van der Waals surface area contributed by atoms with Gasteiger partial charge in [-0.15, -0.1) is 23.1 Å². The third kappa shape index (κ3) is 10.7. The molecule has 4 aromatic rings. The summed E-state index contributed by atoms with van der Waals surface area (Å²) in [6, 6.07) is 18.7. The zero-order valence-corrected chi connectivity index (χ0v) is 35.1. The first-order valence-corrected chi connectivity index (χ1v) is 19.8. The number of rotatable bonds is 13. The van der Waals surface area contributed by atoms with Crippen LogP contribution >= 0.6 is 23.1 Å². The van der Waals surface area contributed by atoms with E-state index < -0.39 is 34.7 Å². The molecule has 58 heavy (non-hydrogen) atoms. The largest absolute Gasteiger partial charge is 0.493 e. The smallest absolute Gasteiger partial charge is 0.410 e. The van der Waals surface area contributed by atoms with E-state index in [2.05, 4.69) is 16.0 Å². The average Bonchev–Trinajstić information content (AvgIpc) is 3.56. The fraction of sp³-hybridized carbons (Fsp3) is 0.310. The molecular weight excluding hydrogens is 785 g/mol. The maximum absolute atomic E-state index is 13.9. The van der Waals surface area contributed by atoms with Gasteiger partial charge in [-0.25, -0.2) is 9.59 Å². The van der Waals surface area contributed by atoms with Gasteiger partial charge in [0.15, 0.2) is 11.5 Å². The van der Waals surface area contributed by atoms with E-state index in [0.717, 1.165) is 10.4 Å². The van der Waals surface area contributed by atoms with E-state index in [0.29, 0.717) is 56.9 Å². The number of benzene rings is 3. The molecule has 0 bridgehead atoms. The molecule has 2 heterocycles. The maximum atomic E-state index is 13.9. The second-order valence-electron chi connectivity index (χ2n) is 13.9. The van der Waals surface area contributed by atoms with Crippen LogP contribution in [0.25, 0.3) is 6.08 Å². The van der Waals surface area contributed by atoms with E-state index in [1.807, 2.05) is 0 Å². The fourth-order valence-corrected chi connectivity index (χ4v) is 8.08. The molecule has 1 atom stereocenters. The SMILES string of the molecule is COC(=O)c1c(NC(=O)C(C)Sc2cccc(NC(=O)/C(=C\c3cc(OC)c(OC)c(OC)c3)NC(=O)c3ccccc3)c2)sc2c1CCN(C(=O)OC(C)(C)C)C2. The predicted octanol–water partition coefficient (Wildman–Crippen LogP) is 7.38. The van der Waals surface area contributed by atoms with Crippen molar-refractivity contribution in [2.45, 2.75) is 56.4 Å². The van der Waals surface area contributed by atoms with Gasteiger partial charge in [0.1, 0.15) is 16.3 Å². The standard InChI is InChI=1S/C42H46N4O10S2/c1-24(36(47)45-39-34(40(50)55-8)29-17-18-46(23-33(29)58-39)41(51)56-42(2,3)4)57-28-16-12-15-27(22-28)43-38(49)30(44-37(48)26-13-10-9-11-14-26)19-25-20-31(52-5)35(54-7)32(21-25)53-6/h9-16,19-22,24H,17-18,23H2,1-8H3,(H,43,49)(H,44,48)(H,45,47)/b30-19+. The topological polar surface area (TPSA) is 171 Å². The molecule has 306 valence electrons. The molecule has 5 rings (SSSR count). The van der Waals surface area contributed by atoms with E-state index in [1.165, 1.54) is 57.6 Å². The third-order valence-electron chi connectivity index (χ3n) is 8.64. The number of ether oxygens (including phenoxy) is 5. The van der Waals surface area contributed by atoms with E-state index in [-0.39, 0.29) is 23.7 Å². The zero-order valence-electron chi connectivity index (χ0n) is 33.5. The second-order valence-corrected chi connectivity index (χ2v) is 16.4. The highest BCUT2D eigenvalue weighted by atomic mass is 32.2. The van der Waals surface area contributed by atoms with Crippen LogP contribution in [0.15, 0.2) is 77.3 Å². The van der Waals surface area contributed by atoms with Gasteiger partial charge in [0.2, 0.25) is 11.7 Å². The quantitative estimate of drug-likeness (QED) is 0.0698. The summed E-state index contributed by atoms with van der Waals surface area (Å²) in [6.45, 7) is 7.68. The third-order valence-corrected chi connectivity index (χ3v) is 10.9. The molecule has 0 saturated carbocycles. The molecule has 1 unspecified atom stereocenters. The molecule has 3 N–H and O–H groups in total. The number of hydrogen-bond donors (Lipinski definition) is 3. The summed E-state index contributed by atoms with van der Waals surface area (Å²) in [5.74, 6) is -0.990. The Morgan fingerprint density at radius 2 is 1.57 bits per heavy atom. The lowest BCUT2D eigenvalue weighted by Crippen LogP contribution is -2.39. The van der Waals surface area contributed by atoms with E-state index in [4.69, 9.17) is 23.7 Å². The number of amides is 4. The van der Waals surface area contributed by atoms with Gasteiger partial charge in [-0.2, -0.15) is 0 Å². The van der Waals surface area contributed by atoms with E-state index in [9.17, 15) is 24.0 Å². The van der Waals surface area contributed by atoms with Crippen LogP contribution in [0.1, 0.15) is 64.4 Å². The Morgan fingerprint density at radius 3 is 2.19 bits per heavy atom. The monoisotopic (exact) mass is 830 g/mol. The van der Waals surface area contributed by atoms with Crippen LogP contribution in [0, 0.1) is 0 Å². The summed E-state index contributed by atoms with van der Waals surface area (Å²) in [4.78, 5) is 69.4. The number of nitrogens with zero attached hydrogens (tertiary/aromatic N) is 1. The number of thiophene rings is 1. The van der Waals surface area contributed by atoms with Crippen molar-refractivity contribution in [2.24, 2.45) is 0 Å². The normalized spacial score (nSPS) is 13.0.